The Kier molecular flexibility index (Phi) is 4.21. The van der Waals surface area contributed by atoms with E-state index in [0.29, 0.717) is 13.1 Å². The third kappa shape index (κ3) is 5.47. The lowest BCUT2D eigenvalue weighted by molar-refractivity contribution is 0.211. The van der Waals surface area contributed by atoms with Crippen LogP contribution in [0.3, 0.4) is 0 Å². The van der Waals surface area contributed by atoms with Crippen LogP contribution in [0.15, 0.2) is 24.3 Å². The van der Waals surface area contributed by atoms with Gasteiger partial charge in [-0.15, -0.1) is 0 Å². The van der Waals surface area contributed by atoms with E-state index < -0.39 is 5.67 Å². The van der Waals surface area contributed by atoms with Crippen molar-refractivity contribution < 1.29 is 8.78 Å². The molecule has 1 nitrogen and oxygen atoms in total. The van der Waals surface area contributed by atoms with Gasteiger partial charge in [-0.1, -0.05) is 12.1 Å². The molecular formula is C12H17F2N. The summed E-state index contributed by atoms with van der Waals surface area (Å²) >= 11 is 0. The predicted octanol–water partition coefficient (Wildman–Crippen LogP) is 2.71. The Labute approximate surface area is 89.5 Å². The third-order valence-electron chi connectivity index (χ3n) is 2.05. The molecule has 0 heterocycles. The van der Waals surface area contributed by atoms with Gasteiger partial charge in [0.1, 0.15) is 11.5 Å². The van der Waals surface area contributed by atoms with Crippen molar-refractivity contribution in [3.05, 3.63) is 35.6 Å². The van der Waals surface area contributed by atoms with Crippen molar-refractivity contribution in [1.82, 2.24) is 5.32 Å². The maximum atomic E-state index is 13.1. The SMILES string of the molecule is CC(C)(F)CNCCc1ccc(F)cc1. The van der Waals surface area contributed by atoms with Gasteiger partial charge in [0.15, 0.2) is 0 Å². The fraction of sp³-hybridized carbons (Fsp3) is 0.500. The molecule has 0 radical (unpaired) electrons. The Morgan fingerprint density at radius 2 is 1.80 bits per heavy atom. The van der Waals surface area contributed by atoms with E-state index in [1.807, 2.05) is 0 Å². The molecular weight excluding hydrogens is 196 g/mol. The Morgan fingerprint density at radius 3 is 2.33 bits per heavy atom. The Bertz CT molecular complexity index is 287. The molecule has 0 aliphatic carbocycles. The van der Waals surface area contributed by atoms with Crippen molar-refractivity contribution in [1.29, 1.82) is 0 Å². The fourth-order valence-electron chi connectivity index (χ4n) is 1.27. The first-order valence-corrected chi connectivity index (χ1v) is 5.11. The quantitative estimate of drug-likeness (QED) is 0.741. The molecule has 84 valence electrons. The molecule has 0 saturated carbocycles. The van der Waals surface area contributed by atoms with Crippen molar-refractivity contribution in [3.63, 3.8) is 0 Å². The molecule has 15 heavy (non-hydrogen) atoms. The van der Waals surface area contributed by atoms with Crippen LogP contribution in [-0.4, -0.2) is 18.8 Å². The standard InChI is InChI=1S/C12H17F2N/c1-12(2,14)9-15-8-7-10-3-5-11(13)6-4-10/h3-6,15H,7-9H2,1-2H3. The van der Waals surface area contributed by atoms with Gasteiger partial charge in [-0.2, -0.15) is 0 Å². The second-order valence-corrected chi connectivity index (χ2v) is 4.27. The molecule has 3 heteroatoms. The summed E-state index contributed by atoms with van der Waals surface area (Å²) < 4.78 is 25.6. The molecule has 1 rings (SSSR count). The normalized spacial score (nSPS) is 11.7. The van der Waals surface area contributed by atoms with Crippen LogP contribution >= 0.6 is 0 Å². The van der Waals surface area contributed by atoms with Gasteiger partial charge in [-0.25, -0.2) is 8.78 Å². The van der Waals surface area contributed by atoms with Crippen molar-refractivity contribution >= 4 is 0 Å². The van der Waals surface area contributed by atoms with Crippen LogP contribution in [0.4, 0.5) is 8.78 Å². The van der Waals surface area contributed by atoms with Gasteiger partial charge in [-0.3, -0.25) is 0 Å². The zero-order valence-electron chi connectivity index (χ0n) is 9.19. The molecule has 0 fully saturated rings. The van der Waals surface area contributed by atoms with Gasteiger partial charge in [0.2, 0.25) is 0 Å². The summed E-state index contributed by atoms with van der Waals surface area (Å²) in [5.74, 6) is -0.225. The molecule has 0 saturated heterocycles. The van der Waals surface area contributed by atoms with Gasteiger partial charge in [-0.05, 0) is 44.5 Å². The summed E-state index contributed by atoms with van der Waals surface area (Å²) in [6.45, 7) is 4.13. The number of hydrogen-bond acceptors (Lipinski definition) is 1. The topological polar surface area (TPSA) is 12.0 Å². The summed E-state index contributed by atoms with van der Waals surface area (Å²) in [7, 11) is 0. The van der Waals surface area contributed by atoms with Crippen LogP contribution in [0, 0.1) is 5.82 Å². The van der Waals surface area contributed by atoms with Crippen molar-refractivity contribution in [2.75, 3.05) is 13.1 Å². The van der Waals surface area contributed by atoms with Gasteiger partial charge in [0.05, 0.1) is 0 Å². The smallest absolute Gasteiger partial charge is 0.123 e. The van der Waals surface area contributed by atoms with Crippen molar-refractivity contribution in [2.45, 2.75) is 25.9 Å². The van der Waals surface area contributed by atoms with Crippen LogP contribution in [0.5, 0.6) is 0 Å². The minimum atomic E-state index is -1.18. The third-order valence-corrected chi connectivity index (χ3v) is 2.05. The Morgan fingerprint density at radius 1 is 1.20 bits per heavy atom. The van der Waals surface area contributed by atoms with E-state index in [9.17, 15) is 8.78 Å². The summed E-state index contributed by atoms with van der Waals surface area (Å²) in [4.78, 5) is 0. The van der Waals surface area contributed by atoms with E-state index >= 15 is 0 Å². The second-order valence-electron chi connectivity index (χ2n) is 4.27. The highest BCUT2D eigenvalue weighted by atomic mass is 19.1. The lowest BCUT2D eigenvalue weighted by atomic mass is 10.1. The molecule has 0 atom stereocenters. The monoisotopic (exact) mass is 213 g/mol. The minimum absolute atomic E-state index is 0.225. The molecule has 0 aromatic heterocycles. The number of rotatable bonds is 5. The van der Waals surface area contributed by atoms with E-state index in [1.165, 1.54) is 26.0 Å². The summed E-state index contributed by atoms with van der Waals surface area (Å²) in [6, 6.07) is 6.37. The molecule has 0 unspecified atom stereocenters. The molecule has 1 N–H and O–H groups in total. The maximum absolute atomic E-state index is 13.1. The number of hydrogen-bond donors (Lipinski definition) is 1. The average molecular weight is 213 g/mol. The highest BCUT2D eigenvalue weighted by molar-refractivity contribution is 5.16. The van der Waals surface area contributed by atoms with Crippen molar-refractivity contribution in [2.24, 2.45) is 0 Å². The predicted molar refractivity (Wildman–Crippen MR) is 58.2 cm³/mol. The van der Waals surface area contributed by atoms with Crippen LogP contribution in [0.1, 0.15) is 19.4 Å². The lowest BCUT2D eigenvalue weighted by Gasteiger charge is -2.14. The molecule has 0 aliphatic rings. The molecule has 0 spiro atoms. The van der Waals surface area contributed by atoms with Crippen LogP contribution in [0.2, 0.25) is 0 Å². The highest BCUT2D eigenvalue weighted by Crippen LogP contribution is 2.06. The number of benzene rings is 1. The second kappa shape index (κ2) is 5.21. The molecule has 0 amide bonds. The largest absolute Gasteiger partial charge is 0.313 e. The van der Waals surface area contributed by atoms with Gasteiger partial charge in [0.25, 0.3) is 0 Å². The van der Waals surface area contributed by atoms with Gasteiger partial charge >= 0.3 is 0 Å². The first-order chi connectivity index (χ1) is 6.97. The first-order valence-electron chi connectivity index (χ1n) is 5.11. The summed E-state index contributed by atoms with van der Waals surface area (Å²) in [5, 5.41) is 3.02. The molecule has 0 aliphatic heterocycles. The Balaban J connectivity index is 2.23. The number of nitrogens with one attached hydrogen (secondary N) is 1. The molecule has 0 bridgehead atoms. The zero-order valence-corrected chi connectivity index (χ0v) is 9.19. The zero-order chi connectivity index (χ0) is 11.3. The maximum Gasteiger partial charge on any atom is 0.123 e. The van der Waals surface area contributed by atoms with Gasteiger partial charge in [0, 0.05) is 6.54 Å². The van der Waals surface area contributed by atoms with Crippen LogP contribution in [0.25, 0.3) is 0 Å². The van der Waals surface area contributed by atoms with E-state index in [-0.39, 0.29) is 5.82 Å². The highest BCUT2D eigenvalue weighted by Gasteiger charge is 2.13. The molecule has 1 aromatic carbocycles. The number of alkyl halides is 1. The summed E-state index contributed by atoms with van der Waals surface area (Å²) in [6.07, 6.45) is 0.788. The van der Waals surface area contributed by atoms with Crippen molar-refractivity contribution in [3.8, 4) is 0 Å². The lowest BCUT2D eigenvalue weighted by Crippen LogP contribution is -2.32. The first kappa shape index (κ1) is 12.1. The van der Waals surface area contributed by atoms with E-state index in [2.05, 4.69) is 5.32 Å². The fourth-order valence-corrected chi connectivity index (χ4v) is 1.27. The van der Waals surface area contributed by atoms with E-state index in [4.69, 9.17) is 0 Å². The van der Waals surface area contributed by atoms with Crippen LogP contribution < -0.4 is 5.32 Å². The average Bonchev–Trinajstić information content (AvgIpc) is 2.14. The van der Waals surface area contributed by atoms with Gasteiger partial charge < -0.3 is 5.32 Å². The van der Waals surface area contributed by atoms with E-state index in [0.717, 1.165) is 12.0 Å². The number of halogens is 2. The molecule has 1 aromatic rings. The van der Waals surface area contributed by atoms with E-state index in [1.54, 1.807) is 12.1 Å². The summed E-state index contributed by atoms with van der Waals surface area (Å²) in [5.41, 5.74) is -0.122. The minimum Gasteiger partial charge on any atom is -0.313 e. The van der Waals surface area contributed by atoms with Crippen LogP contribution in [-0.2, 0) is 6.42 Å². The Hall–Kier alpha value is -0.960.